The Balaban J connectivity index is 1.72. The van der Waals surface area contributed by atoms with Crippen LogP contribution in [0.25, 0.3) is 0 Å². The first-order valence-corrected chi connectivity index (χ1v) is 9.04. The number of carbonyl (C=O) groups excluding carboxylic acids is 1. The Morgan fingerprint density at radius 1 is 1.04 bits per heavy atom. The van der Waals surface area contributed by atoms with Gasteiger partial charge in [-0.3, -0.25) is 9.69 Å². The van der Waals surface area contributed by atoms with E-state index in [9.17, 15) is 4.79 Å². The van der Waals surface area contributed by atoms with Crippen molar-refractivity contribution in [1.82, 2.24) is 4.90 Å². The maximum atomic E-state index is 12.7. The van der Waals surface area contributed by atoms with Gasteiger partial charge < -0.3 is 14.8 Å². The van der Waals surface area contributed by atoms with Crippen LogP contribution in [0.4, 0.5) is 5.69 Å². The molecule has 0 aromatic heterocycles. The van der Waals surface area contributed by atoms with Crippen LogP contribution < -0.4 is 14.8 Å². The zero-order chi connectivity index (χ0) is 18.4. The Morgan fingerprint density at radius 2 is 1.85 bits per heavy atom. The second-order valence-electron chi connectivity index (χ2n) is 6.56. The monoisotopic (exact) mass is 354 g/mol. The predicted molar refractivity (Wildman–Crippen MR) is 103 cm³/mol. The highest BCUT2D eigenvalue weighted by molar-refractivity contribution is 6.06. The molecule has 1 amide bonds. The van der Waals surface area contributed by atoms with Crippen LogP contribution in [0, 0.1) is 0 Å². The fraction of sp³-hybridized carbons (Fsp3) is 0.381. The van der Waals surface area contributed by atoms with Gasteiger partial charge in [-0.2, -0.15) is 0 Å². The maximum Gasteiger partial charge on any atom is 0.259 e. The molecule has 5 nitrogen and oxygen atoms in total. The lowest BCUT2D eigenvalue weighted by Gasteiger charge is -2.26. The number of hydrogen-bond acceptors (Lipinski definition) is 4. The number of hydrogen-bond donors (Lipinski definition) is 1. The van der Waals surface area contributed by atoms with Crippen LogP contribution in [0.2, 0.25) is 0 Å². The number of methoxy groups -OCH3 is 2. The van der Waals surface area contributed by atoms with E-state index < -0.39 is 0 Å². The number of benzene rings is 2. The third kappa shape index (κ3) is 4.55. The summed E-state index contributed by atoms with van der Waals surface area (Å²) in [6, 6.07) is 13.2. The molecule has 0 aliphatic carbocycles. The predicted octanol–water partition coefficient (Wildman–Crippen LogP) is 3.94. The van der Waals surface area contributed by atoms with Crippen molar-refractivity contribution in [1.29, 1.82) is 0 Å². The van der Waals surface area contributed by atoms with Gasteiger partial charge in [0.25, 0.3) is 5.91 Å². The Labute approximate surface area is 154 Å². The highest BCUT2D eigenvalue weighted by Crippen LogP contribution is 2.25. The Kier molecular flexibility index (Phi) is 6.12. The molecule has 0 bridgehead atoms. The molecule has 1 fully saturated rings. The van der Waals surface area contributed by atoms with Crippen molar-refractivity contribution in [2.75, 3.05) is 32.6 Å². The lowest BCUT2D eigenvalue weighted by Crippen LogP contribution is -2.29. The number of nitrogens with zero attached hydrogens (tertiary/aromatic N) is 1. The van der Waals surface area contributed by atoms with Crippen LogP contribution >= 0.6 is 0 Å². The molecule has 0 spiro atoms. The summed E-state index contributed by atoms with van der Waals surface area (Å²) in [4.78, 5) is 15.2. The first-order chi connectivity index (χ1) is 12.7. The minimum Gasteiger partial charge on any atom is -0.497 e. The van der Waals surface area contributed by atoms with Crippen LogP contribution in [0.1, 0.15) is 35.2 Å². The van der Waals surface area contributed by atoms with Crippen molar-refractivity contribution in [3.8, 4) is 11.5 Å². The van der Waals surface area contributed by atoms with Gasteiger partial charge in [0.05, 0.1) is 19.8 Å². The highest BCUT2D eigenvalue weighted by Gasteiger charge is 2.15. The van der Waals surface area contributed by atoms with E-state index in [0.29, 0.717) is 17.1 Å². The summed E-state index contributed by atoms with van der Waals surface area (Å²) in [7, 11) is 3.13. The molecule has 1 N–H and O–H groups in total. The zero-order valence-electron chi connectivity index (χ0n) is 15.5. The largest absolute Gasteiger partial charge is 0.497 e. The van der Waals surface area contributed by atoms with E-state index in [-0.39, 0.29) is 5.91 Å². The molecule has 3 rings (SSSR count). The van der Waals surface area contributed by atoms with Gasteiger partial charge in [-0.15, -0.1) is 0 Å². The molecule has 0 atom stereocenters. The average Bonchev–Trinajstić information content (AvgIpc) is 2.68. The van der Waals surface area contributed by atoms with Crippen molar-refractivity contribution >= 4 is 11.6 Å². The summed E-state index contributed by atoms with van der Waals surface area (Å²) >= 11 is 0. The summed E-state index contributed by atoms with van der Waals surface area (Å²) in [6.45, 7) is 3.22. The summed E-state index contributed by atoms with van der Waals surface area (Å²) in [5.41, 5.74) is 2.45. The second kappa shape index (κ2) is 8.72. The van der Waals surface area contributed by atoms with Gasteiger partial charge in [0, 0.05) is 12.2 Å². The minimum absolute atomic E-state index is 0.212. The number of amides is 1. The number of likely N-dealkylation sites (tertiary alicyclic amines) is 1. The summed E-state index contributed by atoms with van der Waals surface area (Å²) < 4.78 is 10.5. The Hall–Kier alpha value is -2.53. The highest BCUT2D eigenvalue weighted by atomic mass is 16.5. The Bertz CT molecular complexity index is 755. The molecule has 0 radical (unpaired) electrons. The molecule has 2 aromatic rings. The van der Waals surface area contributed by atoms with E-state index in [2.05, 4.69) is 16.3 Å². The minimum atomic E-state index is -0.212. The van der Waals surface area contributed by atoms with E-state index >= 15 is 0 Å². The van der Waals surface area contributed by atoms with Crippen LogP contribution in [0.3, 0.4) is 0 Å². The standard InChI is InChI=1S/C21H26N2O3/c1-25-18-9-10-20(26-2)19(14-18)21(24)22-17-8-6-7-16(13-17)15-23-11-4-3-5-12-23/h6-10,13-14H,3-5,11-12,15H2,1-2H3,(H,22,24). The molecule has 1 heterocycles. The first-order valence-electron chi connectivity index (χ1n) is 9.04. The van der Waals surface area contributed by atoms with Crippen LogP contribution in [-0.4, -0.2) is 38.1 Å². The van der Waals surface area contributed by atoms with E-state index in [1.54, 1.807) is 32.4 Å². The van der Waals surface area contributed by atoms with Crippen molar-refractivity contribution in [2.45, 2.75) is 25.8 Å². The van der Waals surface area contributed by atoms with Crippen molar-refractivity contribution in [2.24, 2.45) is 0 Å². The van der Waals surface area contributed by atoms with Gasteiger partial charge in [0.2, 0.25) is 0 Å². The van der Waals surface area contributed by atoms with Crippen molar-refractivity contribution < 1.29 is 14.3 Å². The molecule has 1 saturated heterocycles. The summed E-state index contributed by atoms with van der Waals surface area (Å²) in [5, 5.41) is 2.97. The first kappa shape index (κ1) is 18.3. The molecule has 1 aliphatic heterocycles. The SMILES string of the molecule is COc1ccc(OC)c(C(=O)Nc2cccc(CN3CCCCC3)c2)c1. The van der Waals surface area contributed by atoms with Gasteiger partial charge in [-0.1, -0.05) is 18.6 Å². The van der Waals surface area contributed by atoms with E-state index in [4.69, 9.17) is 9.47 Å². The third-order valence-corrected chi connectivity index (χ3v) is 4.69. The maximum absolute atomic E-state index is 12.7. The fourth-order valence-electron chi connectivity index (χ4n) is 3.31. The second-order valence-corrected chi connectivity index (χ2v) is 6.56. The zero-order valence-corrected chi connectivity index (χ0v) is 15.5. The number of carbonyl (C=O) groups is 1. The van der Waals surface area contributed by atoms with E-state index in [1.807, 2.05) is 18.2 Å². The molecule has 2 aromatic carbocycles. The third-order valence-electron chi connectivity index (χ3n) is 4.69. The van der Waals surface area contributed by atoms with Crippen LogP contribution in [0.5, 0.6) is 11.5 Å². The molecule has 5 heteroatoms. The lowest BCUT2D eigenvalue weighted by molar-refractivity contribution is 0.102. The van der Waals surface area contributed by atoms with Crippen molar-refractivity contribution in [3.05, 3.63) is 53.6 Å². The molecular formula is C21H26N2O3. The molecule has 26 heavy (non-hydrogen) atoms. The topological polar surface area (TPSA) is 50.8 Å². The molecule has 138 valence electrons. The smallest absolute Gasteiger partial charge is 0.259 e. The van der Waals surface area contributed by atoms with Gasteiger partial charge in [0.15, 0.2) is 0 Å². The van der Waals surface area contributed by atoms with Gasteiger partial charge in [0.1, 0.15) is 11.5 Å². The number of piperidine rings is 1. The number of ether oxygens (including phenoxy) is 2. The van der Waals surface area contributed by atoms with E-state index in [1.165, 1.54) is 24.8 Å². The van der Waals surface area contributed by atoms with Gasteiger partial charge in [-0.25, -0.2) is 0 Å². The number of anilines is 1. The number of nitrogens with one attached hydrogen (secondary N) is 1. The molecular weight excluding hydrogens is 328 g/mol. The van der Waals surface area contributed by atoms with Gasteiger partial charge >= 0.3 is 0 Å². The lowest BCUT2D eigenvalue weighted by atomic mass is 10.1. The van der Waals surface area contributed by atoms with Crippen LogP contribution in [-0.2, 0) is 6.54 Å². The van der Waals surface area contributed by atoms with Gasteiger partial charge in [-0.05, 0) is 61.8 Å². The quantitative estimate of drug-likeness (QED) is 0.854. The Morgan fingerprint density at radius 3 is 2.58 bits per heavy atom. The number of rotatable bonds is 6. The molecule has 0 saturated carbocycles. The summed E-state index contributed by atoms with van der Waals surface area (Å²) in [6.07, 6.45) is 3.87. The van der Waals surface area contributed by atoms with Crippen LogP contribution in [0.15, 0.2) is 42.5 Å². The normalized spacial score (nSPS) is 14.7. The van der Waals surface area contributed by atoms with Crippen molar-refractivity contribution in [3.63, 3.8) is 0 Å². The molecule has 0 unspecified atom stereocenters. The average molecular weight is 354 g/mol. The summed E-state index contributed by atoms with van der Waals surface area (Å²) in [5.74, 6) is 0.929. The molecule has 1 aliphatic rings. The van der Waals surface area contributed by atoms with E-state index in [0.717, 1.165) is 25.3 Å². The fourth-order valence-corrected chi connectivity index (χ4v) is 3.31.